The van der Waals surface area contributed by atoms with E-state index in [1.807, 2.05) is 0 Å². The Morgan fingerprint density at radius 2 is 1.06 bits per heavy atom. The fraction of sp³-hybridized carbons (Fsp3) is 0.960. The highest BCUT2D eigenvalue weighted by Crippen LogP contribution is 2.13. The van der Waals surface area contributed by atoms with Crippen LogP contribution >= 0.6 is 0 Å². The number of amides is 1. The second kappa shape index (κ2) is 28.6. The third-order valence-corrected chi connectivity index (χ3v) is 5.56. The quantitative estimate of drug-likeness (QED) is 0.0967. The second-order valence-electron chi connectivity index (χ2n) is 9.50. The van der Waals surface area contributed by atoms with Crippen LogP contribution in [-0.2, 0) is 4.79 Å². The molecular formula is C25H55N3O5. The van der Waals surface area contributed by atoms with Gasteiger partial charge in [-0.1, -0.05) is 104 Å². The van der Waals surface area contributed by atoms with Gasteiger partial charge in [0.05, 0.1) is 32.3 Å². The van der Waals surface area contributed by atoms with Crippen LogP contribution in [0.4, 0.5) is 0 Å². The van der Waals surface area contributed by atoms with Crippen molar-refractivity contribution >= 4 is 5.91 Å². The Labute approximate surface area is 203 Å². The van der Waals surface area contributed by atoms with E-state index in [0.29, 0.717) is 13.0 Å². The Morgan fingerprint density at radius 1 is 0.727 bits per heavy atom. The average molecular weight is 478 g/mol. The molecule has 0 aliphatic carbocycles. The van der Waals surface area contributed by atoms with E-state index in [1.165, 1.54) is 96.3 Å². The lowest BCUT2D eigenvalue weighted by atomic mass is 10.0. The Bertz CT molecular complexity index is 409. The molecule has 0 aromatic heterocycles. The smallest absolute Gasteiger partial charge is 0.217 e. The predicted molar refractivity (Wildman–Crippen MR) is 138 cm³/mol. The second-order valence-corrected chi connectivity index (χ2v) is 9.50. The zero-order valence-corrected chi connectivity index (χ0v) is 22.2. The van der Waals surface area contributed by atoms with Gasteiger partial charge in [0.25, 0.3) is 0 Å². The molecule has 0 fully saturated rings. The van der Waals surface area contributed by atoms with Crippen LogP contribution in [0, 0.1) is 15.3 Å². The summed E-state index contributed by atoms with van der Waals surface area (Å²) in [6, 6.07) is 0. The van der Waals surface area contributed by atoms with Crippen LogP contribution in [-0.4, -0.2) is 54.4 Å². The molecule has 0 spiro atoms. The first-order valence-corrected chi connectivity index (χ1v) is 13.2. The molecule has 8 nitrogen and oxygen atoms in total. The van der Waals surface area contributed by atoms with E-state index in [4.69, 9.17) is 26.2 Å². The molecule has 0 unspecified atom stereocenters. The normalized spacial score (nSPS) is 10.6. The topological polar surface area (TPSA) is 130 Å². The van der Waals surface area contributed by atoms with Crippen molar-refractivity contribution < 1.29 is 19.5 Å². The molecule has 200 valence electrons. The van der Waals surface area contributed by atoms with Crippen molar-refractivity contribution in [2.45, 2.75) is 123 Å². The standard InChI is InChI=1S/C18H37NO.C7H18NO.NO3/c1-2-3-4-5-6-7-8-9-10-11-12-13-14-15-16-17-18(19)20;1-4-5-8(2,3)6-7-9;2-1(3)4/h2-17H2,1H3,(H2,19,20);9H,4-7H2,1-3H3;/q;+1;-1. The van der Waals surface area contributed by atoms with Gasteiger partial charge in [-0.05, 0) is 12.8 Å². The fourth-order valence-electron chi connectivity index (χ4n) is 3.66. The number of primary amides is 1. The predicted octanol–water partition coefficient (Wildman–Crippen LogP) is 5.96. The lowest BCUT2D eigenvalue weighted by Gasteiger charge is -2.28. The summed E-state index contributed by atoms with van der Waals surface area (Å²) in [4.78, 5) is 18.8. The number of quaternary nitrogens is 1. The SMILES string of the molecule is CCCCCCCCCCCCCCCCCC(N)=O.CCC[N+](C)(C)CCO.O=[N+]([O-])[O-]. The van der Waals surface area contributed by atoms with E-state index >= 15 is 0 Å². The van der Waals surface area contributed by atoms with Gasteiger partial charge in [0, 0.05) is 6.42 Å². The molecule has 0 atom stereocenters. The van der Waals surface area contributed by atoms with Crippen molar-refractivity contribution in [3.8, 4) is 0 Å². The number of nitrogens with zero attached hydrogens (tertiary/aromatic N) is 2. The summed E-state index contributed by atoms with van der Waals surface area (Å²) in [6.07, 6.45) is 22.1. The largest absolute Gasteiger partial charge is 0.391 e. The third-order valence-electron chi connectivity index (χ3n) is 5.56. The molecule has 33 heavy (non-hydrogen) atoms. The van der Waals surface area contributed by atoms with Crippen LogP contribution in [0.3, 0.4) is 0 Å². The van der Waals surface area contributed by atoms with Gasteiger partial charge < -0.3 is 30.6 Å². The van der Waals surface area contributed by atoms with Gasteiger partial charge in [-0.15, -0.1) is 0 Å². The van der Waals surface area contributed by atoms with Gasteiger partial charge in [0.1, 0.15) is 6.54 Å². The first-order valence-electron chi connectivity index (χ1n) is 13.2. The zero-order valence-electron chi connectivity index (χ0n) is 22.2. The van der Waals surface area contributed by atoms with Gasteiger partial charge in [-0.25, -0.2) is 0 Å². The van der Waals surface area contributed by atoms with Crippen LogP contribution in [0.5, 0.6) is 0 Å². The number of carbonyl (C=O) groups excluding carboxylic acids is 1. The molecule has 0 heterocycles. The molecule has 0 aliphatic rings. The number of hydrogen-bond donors (Lipinski definition) is 2. The Kier molecular flexibility index (Phi) is 31.4. The van der Waals surface area contributed by atoms with E-state index in [0.717, 1.165) is 24.0 Å². The van der Waals surface area contributed by atoms with E-state index in [-0.39, 0.29) is 5.91 Å². The number of likely N-dealkylation sites (N-methyl/N-ethyl adjacent to an activating group) is 1. The van der Waals surface area contributed by atoms with Crippen LogP contribution in [0.1, 0.15) is 123 Å². The van der Waals surface area contributed by atoms with Crippen LogP contribution in [0.25, 0.3) is 0 Å². The van der Waals surface area contributed by atoms with Crippen molar-refractivity contribution in [3.05, 3.63) is 15.3 Å². The van der Waals surface area contributed by atoms with E-state index in [2.05, 4.69) is 27.9 Å². The van der Waals surface area contributed by atoms with Gasteiger partial charge in [0.15, 0.2) is 0 Å². The molecular weight excluding hydrogens is 422 g/mol. The number of aliphatic hydroxyl groups excluding tert-OH is 1. The van der Waals surface area contributed by atoms with Gasteiger partial charge in [-0.3, -0.25) is 4.79 Å². The number of aliphatic hydroxyl groups is 1. The number of rotatable bonds is 20. The summed E-state index contributed by atoms with van der Waals surface area (Å²) in [5.74, 6) is -0.153. The first-order chi connectivity index (χ1) is 15.6. The molecule has 0 radical (unpaired) electrons. The van der Waals surface area contributed by atoms with Crippen molar-refractivity contribution in [2.75, 3.05) is 33.8 Å². The minimum Gasteiger partial charge on any atom is -0.391 e. The fourth-order valence-corrected chi connectivity index (χ4v) is 3.66. The Hall–Kier alpha value is -1.41. The lowest BCUT2D eigenvalue weighted by molar-refractivity contribution is -0.890. The minimum absolute atomic E-state index is 0.153. The maximum Gasteiger partial charge on any atom is 0.217 e. The monoisotopic (exact) mass is 477 g/mol. The average Bonchev–Trinajstić information content (AvgIpc) is 2.70. The molecule has 1 amide bonds. The van der Waals surface area contributed by atoms with Gasteiger partial charge in [-0.2, -0.15) is 0 Å². The van der Waals surface area contributed by atoms with Crippen LogP contribution in [0.2, 0.25) is 0 Å². The highest BCUT2D eigenvalue weighted by atomic mass is 16.9. The number of unbranched alkanes of at least 4 members (excludes halogenated alkanes) is 14. The molecule has 0 saturated carbocycles. The molecule has 8 heteroatoms. The minimum atomic E-state index is -1.75. The Balaban J connectivity index is -0.000000569. The summed E-state index contributed by atoms with van der Waals surface area (Å²) in [7, 11) is 4.28. The third kappa shape index (κ3) is 44.9. The van der Waals surface area contributed by atoms with Gasteiger partial charge >= 0.3 is 0 Å². The summed E-state index contributed by atoms with van der Waals surface area (Å²) in [6.45, 7) is 6.76. The first kappa shape index (κ1) is 36.2. The summed E-state index contributed by atoms with van der Waals surface area (Å²) >= 11 is 0. The molecule has 3 N–H and O–H groups in total. The number of carbonyl (C=O) groups is 1. The van der Waals surface area contributed by atoms with Crippen molar-refractivity contribution in [2.24, 2.45) is 5.73 Å². The highest BCUT2D eigenvalue weighted by Gasteiger charge is 2.10. The molecule has 0 aromatic rings. The summed E-state index contributed by atoms with van der Waals surface area (Å²) < 4.78 is 0.938. The van der Waals surface area contributed by atoms with Crippen molar-refractivity contribution in [3.63, 3.8) is 0 Å². The highest BCUT2D eigenvalue weighted by molar-refractivity contribution is 5.73. The maximum absolute atomic E-state index is 10.6. The molecule has 0 saturated heterocycles. The molecule has 0 aliphatic heterocycles. The molecule has 0 bridgehead atoms. The van der Waals surface area contributed by atoms with Crippen molar-refractivity contribution in [1.82, 2.24) is 0 Å². The maximum atomic E-state index is 10.6. The summed E-state index contributed by atoms with van der Waals surface area (Å²) in [5.41, 5.74) is 5.11. The van der Waals surface area contributed by atoms with E-state index in [9.17, 15) is 4.79 Å². The Morgan fingerprint density at radius 3 is 1.33 bits per heavy atom. The zero-order chi connectivity index (χ0) is 25.8. The van der Waals surface area contributed by atoms with Crippen LogP contribution < -0.4 is 5.73 Å². The van der Waals surface area contributed by atoms with Crippen molar-refractivity contribution in [1.29, 1.82) is 0 Å². The number of nitrogens with two attached hydrogens (primary N) is 1. The number of hydrogen-bond acceptors (Lipinski definition) is 5. The summed E-state index contributed by atoms with van der Waals surface area (Å²) in [5, 5.41) is 23.4. The van der Waals surface area contributed by atoms with Crippen LogP contribution in [0.15, 0.2) is 0 Å². The van der Waals surface area contributed by atoms with E-state index < -0.39 is 5.09 Å². The van der Waals surface area contributed by atoms with Gasteiger partial charge in [0.2, 0.25) is 5.91 Å². The lowest BCUT2D eigenvalue weighted by Crippen LogP contribution is -2.42. The molecule has 0 rings (SSSR count). The van der Waals surface area contributed by atoms with E-state index in [1.54, 1.807) is 0 Å². The molecule has 0 aromatic carbocycles.